The zero-order valence-corrected chi connectivity index (χ0v) is 11.8. The van der Waals surface area contributed by atoms with Crippen molar-refractivity contribution in [1.82, 2.24) is 0 Å². The molecule has 0 saturated carbocycles. The minimum absolute atomic E-state index is 0.00368. The van der Waals surface area contributed by atoms with Gasteiger partial charge >= 0.3 is 0 Å². The summed E-state index contributed by atoms with van der Waals surface area (Å²) in [5, 5.41) is 2.81. The van der Waals surface area contributed by atoms with Crippen molar-refractivity contribution in [3.63, 3.8) is 0 Å². The van der Waals surface area contributed by atoms with Gasteiger partial charge in [-0.3, -0.25) is 4.79 Å². The summed E-state index contributed by atoms with van der Waals surface area (Å²) < 4.78 is 4.96. The van der Waals surface area contributed by atoms with Crippen LogP contribution in [0.3, 0.4) is 0 Å². The summed E-state index contributed by atoms with van der Waals surface area (Å²) in [6.45, 7) is 4.47. The van der Waals surface area contributed by atoms with E-state index in [9.17, 15) is 4.79 Å². The van der Waals surface area contributed by atoms with Crippen molar-refractivity contribution in [2.24, 2.45) is 0 Å². The normalized spacial score (nSPS) is 12.2. The van der Waals surface area contributed by atoms with E-state index < -0.39 is 0 Å². The summed E-state index contributed by atoms with van der Waals surface area (Å²) in [4.78, 5) is 11.9. The monoisotopic (exact) mass is 268 g/mol. The van der Waals surface area contributed by atoms with Gasteiger partial charge in [-0.2, -0.15) is 0 Å². The summed E-state index contributed by atoms with van der Waals surface area (Å²) >= 11 is 1.58. The second-order valence-electron chi connectivity index (χ2n) is 4.07. The molecule has 0 fully saturated rings. The van der Waals surface area contributed by atoms with Crippen LogP contribution in [0.25, 0.3) is 0 Å². The molecule has 1 aromatic rings. The van der Waals surface area contributed by atoms with Crippen molar-refractivity contribution in [3.05, 3.63) is 23.8 Å². The van der Waals surface area contributed by atoms with Crippen LogP contribution in [0.1, 0.15) is 12.5 Å². The summed E-state index contributed by atoms with van der Waals surface area (Å²) in [5.74, 6) is 0.815. The number of anilines is 2. The van der Waals surface area contributed by atoms with Gasteiger partial charge in [-0.15, -0.1) is 11.8 Å². The van der Waals surface area contributed by atoms with Crippen LogP contribution in [-0.4, -0.2) is 30.6 Å². The van der Waals surface area contributed by atoms with Gasteiger partial charge in [0.15, 0.2) is 0 Å². The van der Waals surface area contributed by atoms with Gasteiger partial charge in [0.2, 0.25) is 5.91 Å². The molecule has 4 nitrogen and oxygen atoms in total. The maximum absolute atomic E-state index is 11.9. The van der Waals surface area contributed by atoms with Crippen LogP contribution in [0.15, 0.2) is 18.2 Å². The van der Waals surface area contributed by atoms with E-state index in [1.54, 1.807) is 24.9 Å². The number of rotatable bonds is 6. The fourth-order valence-electron chi connectivity index (χ4n) is 1.45. The first kappa shape index (κ1) is 14.9. The van der Waals surface area contributed by atoms with Gasteiger partial charge in [-0.25, -0.2) is 0 Å². The van der Waals surface area contributed by atoms with Crippen molar-refractivity contribution < 1.29 is 9.53 Å². The van der Waals surface area contributed by atoms with E-state index in [-0.39, 0.29) is 11.2 Å². The molecule has 5 heteroatoms. The van der Waals surface area contributed by atoms with Crippen LogP contribution in [0.4, 0.5) is 11.4 Å². The highest BCUT2D eigenvalue weighted by molar-refractivity contribution is 8.00. The Labute approximate surface area is 112 Å². The number of nitrogen functional groups attached to an aromatic ring is 1. The molecule has 1 rings (SSSR count). The molecule has 1 aromatic carbocycles. The number of benzene rings is 1. The zero-order valence-electron chi connectivity index (χ0n) is 11.0. The molecule has 18 heavy (non-hydrogen) atoms. The first-order valence-corrected chi connectivity index (χ1v) is 6.87. The number of carbonyl (C=O) groups is 1. The summed E-state index contributed by atoms with van der Waals surface area (Å²) in [6, 6.07) is 5.46. The van der Waals surface area contributed by atoms with E-state index in [1.165, 1.54) is 0 Å². The highest BCUT2D eigenvalue weighted by atomic mass is 32.2. The minimum atomic E-state index is -0.0999. The quantitative estimate of drug-likeness (QED) is 0.613. The summed E-state index contributed by atoms with van der Waals surface area (Å²) in [6.07, 6.45) is 0. The SMILES string of the molecule is COCCSC(C)C(=O)Nc1ccc(N)cc1C. The first-order chi connectivity index (χ1) is 8.54. The van der Waals surface area contributed by atoms with Gasteiger partial charge in [-0.05, 0) is 37.6 Å². The second-order valence-corrected chi connectivity index (χ2v) is 5.52. The average molecular weight is 268 g/mol. The molecular formula is C13H20N2O2S. The van der Waals surface area contributed by atoms with Crippen LogP contribution in [0.5, 0.6) is 0 Å². The predicted octanol–water partition coefficient (Wildman–Crippen LogP) is 2.28. The van der Waals surface area contributed by atoms with E-state index in [1.807, 2.05) is 26.0 Å². The number of methoxy groups -OCH3 is 1. The number of nitrogens with two attached hydrogens (primary N) is 1. The maximum atomic E-state index is 11.9. The molecule has 100 valence electrons. The summed E-state index contributed by atoms with van der Waals surface area (Å²) in [7, 11) is 1.66. The molecule has 0 bridgehead atoms. The Hall–Kier alpha value is -1.20. The largest absolute Gasteiger partial charge is 0.399 e. The van der Waals surface area contributed by atoms with E-state index in [0.717, 1.165) is 17.0 Å². The molecule has 0 aliphatic rings. The van der Waals surface area contributed by atoms with E-state index in [2.05, 4.69) is 5.32 Å². The van der Waals surface area contributed by atoms with Gasteiger partial charge < -0.3 is 15.8 Å². The molecule has 0 aliphatic carbocycles. The fourth-order valence-corrected chi connectivity index (χ4v) is 2.27. The van der Waals surface area contributed by atoms with Crippen molar-refractivity contribution in [1.29, 1.82) is 0 Å². The Bertz CT molecular complexity index is 410. The van der Waals surface area contributed by atoms with Crippen molar-refractivity contribution in [3.8, 4) is 0 Å². The number of aryl methyl sites for hydroxylation is 1. The maximum Gasteiger partial charge on any atom is 0.237 e. The highest BCUT2D eigenvalue weighted by Gasteiger charge is 2.14. The van der Waals surface area contributed by atoms with Crippen LogP contribution >= 0.6 is 11.8 Å². The molecule has 0 saturated heterocycles. The standard InChI is InChI=1S/C13H20N2O2S/c1-9-8-11(14)4-5-12(9)15-13(16)10(2)18-7-6-17-3/h4-5,8,10H,6-7,14H2,1-3H3,(H,15,16). The van der Waals surface area contributed by atoms with Crippen molar-refractivity contribution in [2.75, 3.05) is 30.5 Å². The molecule has 0 heterocycles. The van der Waals surface area contributed by atoms with E-state index in [4.69, 9.17) is 10.5 Å². The van der Waals surface area contributed by atoms with E-state index in [0.29, 0.717) is 12.3 Å². The van der Waals surface area contributed by atoms with E-state index >= 15 is 0 Å². The number of ether oxygens (including phenoxy) is 1. The molecule has 0 radical (unpaired) electrons. The average Bonchev–Trinajstić information content (AvgIpc) is 2.32. The van der Waals surface area contributed by atoms with Gasteiger partial charge in [0.05, 0.1) is 11.9 Å². The Balaban J connectivity index is 2.53. The Morgan fingerprint density at radius 3 is 2.89 bits per heavy atom. The third-order valence-electron chi connectivity index (χ3n) is 2.53. The lowest BCUT2D eigenvalue weighted by atomic mass is 10.2. The smallest absolute Gasteiger partial charge is 0.237 e. The number of hydrogen-bond donors (Lipinski definition) is 2. The molecule has 0 spiro atoms. The number of carbonyl (C=O) groups excluding carboxylic acids is 1. The Morgan fingerprint density at radius 2 is 2.28 bits per heavy atom. The van der Waals surface area contributed by atoms with Crippen LogP contribution in [0, 0.1) is 6.92 Å². The molecule has 1 atom stereocenters. The zero-order chi connectivity index (χ0) is 13.5. The lowest BCUT2D eigenvalue weighted by Gasteiger charge is -2.13. The third-order valence-corrected chi connectivity index (χ3v) is 3.65. The highest BCUT2D eigenvalue weighted by Crippen LogP contribution is 2.19. The molecule has 0 aliphatic heterocycles. The number of thioether (sulfide) groups is 1. The predicted molar refractivity (Wildman–Crippen MR) is 78.0 cm³/mol. The minimum Gasteiger partial charge on any atom is -0.399 e. The summed E-state index contributed by atoms with van der Waals surface area (Å²) in [5.41, 5.74) is 8.15. The van der Waals surface area contributed by atoms with Gasteiger partial charge in [0.25, 0.3) is 0 Å². The van der Waals surface area contributed by atoms with Crippen LogP contribution in [0.2, 0.25) is 0 Å². The molecular weight excluding hydrogens is 248 g/mol. The van der Waals surface area contributed by atoms with Gasteiger partial charge in [0, 0.05) is 24.2 Å². The Morgan fingerprint density at radius 1 is 1.56 bits per heavy atom. The fraction of sp³-hybridized carbons (Fsp3) is 0.462. The first-order valence-electron chi connectivity index (χ1n) is 5.82. The van der Waals surface area contributed by atoms with Gasteiger partial charge in [0.1, 0.15) is 0 Å². The molecule has 1 amide bonds. The molecule has 3 N–H and O–H groups in total. The molecule has 0 aromatic heterocycles. The second kappa shape index (κ2) is 7.28. The van der Waals surface area contributed by atoms with Gasteiger partial charge in [-0.1, -0.05) is 0 Å². The van der Waals surface area contributed by atoms with Crippen LogP contribution < -0.4 is 11.1 Å². The Kier molecular flexibility index (Phi) is 6.01. The van der Waals surface area contributed by atoms with Crippen molar-refractivity contribution in [2.45, 2.75) is 19.1 Å². The molecule has 1 unspecified atom stereocenters. The lowest BCUT2D eigenvalue weighted by molar-refractivity contribution is -0.115. The lowest BCUT2D eigenvalue weighted by Crippen LogP contribution is -2.23. The van der Waals surface area contributed by atoms with Crippen LogP contribution in [-0.2, 0) is 9.53 Å². The number of nitrogens with one attached hydrogen (secondary N) is 1. The number of hydrogen-bond acceptors (Lipinski definition) is 4. The topological polar surface area (TPSA) is 64.3 Å². The van der Waals surface area contributed by atoms with Crippen molar-refractivity contribution >= 4 is 29.0 Å². The number of amides is 1. The third kappa shape index (κ3) is 4.58.